The lowest BCUT2D eigenvalue weighted by Gasteiger charge is -2.14. The maximum atomic E-state index is 2.41. The molecule has 0 radical (unpaired) electrons. The van der Waals surface area contributed by atoms with Crippen molar-refractivity contribution in [2.24, 2.45) is 0 Å². The van der Waals surface area contributed by atoms with Crippen LogP contribution < -0.4 is 0 Å². The summed E-state index contributed by atoms with van der Waals surface area (Å²) in [6.07, 6.45) is 32.4. The summed E-state index contributed by atoms with van der Waals surface area (Å²) in [4.78, 5) is 0. The first-order chi connectivity index (χ1) is 15.8. The molecule has 0 saturated carbocycles. The summed E-state index contributed by atoms with van der Waals surface area (Å²) in [7, 11) is 0. The van der Waals surface area contributed by atoms with Gasteiger partial charge in [-0.25, -0.2) is 0 Å². The second-order valence-corrected chi connectivity index (χ2v) is 10.3. The van der Waals surface area contributed by atoms with Gasteiger partial charge in [-0.05, 0) is 48.8 Å². The van der Waals surface area contributed by atoms with Crippen molar-refractivity contribution in [2.75, 3.05) is 0 Å². The topological polar surface area (TPSA) is 0 Å². The van der Waals surface area contributed by atoms with Crippen molar-refractivity contribution in [2.45, 2.75) is 168 Å². The van der Waals surface area contributed by atoms with Gasteiger partial charge in [0.05, 0.1) is 0 Å². The molecule has 0 spiro atoms. The van der Waals surface area contributed by atoms with E-state index in [0.717, 1.165) is 0 Å². The van der Waals surface area contributed by atoms with Gasteiger partial charge in [0.15, 0.2) is 0 Å². The van der Waals surface area contributed by atoms with Crippen molar-refractivity contribution >= 4 is 0 Å². The van der Waals surface area contributed by atoms with Crippen LogP contribution in [0.15, 0.2) is 18.2 Å². The van der Waals surface area contributed by atoms with E-state index in [0.29, 0.717) is 0 Å². The van der Waals surface area contributed by atoms with Crippen LogP contribution >= 0.6 is 0 Å². The smallest absolute Gasteiger partial charge is 0.0276 e. The Labute approximate surface area is 203 Å². The first-order valence-corrected chi connectivity index (χ1v) is 14.9. The zero-order chi connectivity index (χ0) is 23.1. The van der Waals surface area contributed by atoms with E-state index >= 15 is 0 Å². The highest BCUT2D eigenvalue weighted by atomic mass is 14.1. The maximum Gasteiger partial charge on any atom is -0.0276 e. The van der Waals surface area contributed by atoms with Gasteiger partial charge < -0.3 is 0 Å². The standard InChI is InChI=1S/C32H58/c1-4-7-9-11-13-15-17-19-21-23-26-30-28-25-29-31(32(30)6-3)27-24-22-20-18-16-14-12-10-8-5-2/h25,28-29H,4-24,26-27H2,1-3H3. The predicted molar refractivity (Wildman–Crippen MR) is 147 cm³/mol. The lowest BCUT2D eigenvalue weighted by molar-refractivity contribution is 0.555. The Morgan fingerprint density at radius 3 is 1.03 bits per heavy atom. The van der Waals surface area contributed by atoms with E-state index in [9.17, 15) is 0 Å². The van der Waals surface area contributed by atoms with E-state index in [1.165, 1.54) is 148 Å². The van der Waals surface area contributed by atoms with Gasteiger partial charge in [0.25, 0.3) is 0 Å². The molecule has 0 heteroatoms. The van der Waals surface area contributed by atoms with Gasteiger partial charge in [0.1, 0.15) is 0 Å². The predicted octanol–water partition coefficient (Wildman–Crippen LogP) is 11.2. The van der Waals surface area contributed by atoms with E-state index in [1.807, 2.05) is 0 Å². The second kappa shape index (κ2) is 22.0. The minimum atomic E-state index is 1.21. The van der Waals surface area contributed by atoms with Crippen LogP contribution in [0.4, 0.5) is 0 Å². The van der Waals surface area contributed by atoms with Gasteiger partial charge in [-0.1, -0.05) is 155 Å². The number of aryl methyl sites for hydroxylation is 2. The summed E-state index contributed by atoms with van der Waals surface area (Å²) in [5, 5.41) is 0. The SMILES string of the molecule is CCCCCCCCCCCCc1cccc(CCCCCCCCCCCC)c1CC. The number of unbranched alkanes of at least 4 members (excludes halogenated alkanes) is 18. The van der Waals surface area contributed by atoms with Crippen molar-refractivity contribution in [1.82, 2.24) is 0 Å². The highest BCUT2D eigenvalue weighted by Gasteiger charge is 2.07. The molecule has 0 fully saturated rings. The van der Waals surface area contributed by atoms with Crippen LogP contribution in [0, 0.1) is 0 Å². The number of rotatable bonds is 23. The number of hydrogen-bond acceptors (Lipinski definition) is 0. The molecule has 32 heavy (non-hydrogen) atoms. The summed E-state index contributed by atoms with van der Waals surface area (Å²) in [5.74, 6) is 0. The third kappa shape index (κ3) is 15.1. The average molecular weight is 443 g/mol. The molecule has 1 aromatic carbocycles. The Hall–Kier alpha value is -0.780. The summed E-state index contributed by atoms with van der Waals surface area (Å²) < 4.78 is 0. The zero-order valence-electron chi connectivity index (χ0n) is 22.5. The van der Waals surface area contributed by atoms with Crippen LogP contribution in [0.5, 0.6) is 0 Å². The third-order valence-corrected chi connectivity index (χ3v) is 7.32. The van der Waals surface area contributed by atoms with E-state index in [2.05, 4.69) is 39.0 Å². The first-order valence-electron chi connectivity index (χ1n) is 14.9. The Kier molecular flexibility index (Phi) is 20.1. The van der Waals surface area contributed by atoms with Crippen molar-refractivity contribution in [3.8, 4) is 0 Å². The maximum absolute atomic E-state index is 2.41. The van der Waals surface area contributed by atoms with E-state index in [4.69, 9.17) is 0 Å². The fraction of sp³-hybridized carbons (Fsp3) is 0.812. The fourth-order valence-electron chi connectivity index (χ4n) is 5.22. The molecule has 0 heterocycles. The normalized spacial score (nSPS) is 11.3. The second-order valence-electron chi connectivity index (χ2n) is 10.3. The molecular formula is C32H58. The molecule has 0 unspecified atom stereocenters. The molecule has 0 N–H and O–H groups in total. The molecule has 0 nitrogen and oxygen atoms in total. The lowest BCUT2D eigenvalue weighted by Crippen LogP contribution is -2.00. The Morgan fingerprint density at radius 2 is 0.719 bits per heavy atom. The van der Waals surface area contributed by atoms with Crippen molar-refractivity contribution in [3.63, 3.8) is 0 Å². The molecular weight excluding hydrogens is 384 g/mol. The molecule has 0 aliphatic carbocycles. The Morgan fingerprint density at radius 1 is 0.406 bits per heavy atom. The Balaban J connectivity index is 2.15. The van der Waals surface area contributed by atoms with Gasteiger partial charge in [0.2, 0.25) is 0 Å². The molecule has 0 aromatic heterocycles. The third-order valence-electron chi connectivity index (χ3n) is 7.32. The van der Waals surface area contributed by atoms with Gasteiger partial charge in [-0.15, -0.1) is 0 Å². The molecule has 0 aliphatic rings. The Bertz CT molecular complexity index is 473. The van der Waals surface area contributed by atoms with Crippen molar-refractivity contribution < 1.29 is 0 Å². The van der Waals surface area contributed by atoms with Crippen LogP contribution in [-0.4, -0.2) is 0 Å². The first kappa shape index (κ1) is 29.3. The minimum absolute atomic E-state index is 1.21. The molecule has 0 aliphatic heterocycles. The monoisotopic (exact) mass is 442 g/mol. The van der Waals surface area contributed by atoms with E-state index in [-0.39, 0.29) is 0 Å². The van der Waals surface area contributed by atoms with Crippen molar-refractivity contribution in [3.05, 3.63) is 34.9 Å². The number of hydrogen-bond donors (Lipinski definition) is 0. The summed E-state index contributed by atoms with van der Waals surface area (Å²) in [6, 6.07) is 7.15. The minimum Gasteiger partial charge on any atom is -0.0654 e. The molecule has 1 aromatic rings. The molecule has 0 saturated heterocycles. The van der Waals surface area contributed by atoms with Crippen LogP contribution in [0.1, 0.15) is 166 Å². The van der Waals surface area contributed by atoms with Crippen LogP contribution in [0.2, 0.25) is 0 Å². The molecule has 0 amide bonds. The fourth-order valence-corrected chi connectivity index (χ4v) is 5.22. The number of benzene rings is 1. The summed E-state index contributed by atoms with van der Waals surface area (Å²) >= 11 is 0. The molecule has 186 valence electrons. The summed E-state index contributed by atoms with van der Waals surface area (Å²) in [5.41, 5.74) is 4.98. The lowest BCUT2D eigenvalue weighted by atomic mass is 9.92. The molecule has 1 rings (SSSR count). The zero-order valence-corrected chi connectivity index (χ0v) is 22.5. The highest BCUT2D eigenvalue weighted by Crippen LogP contribution is 2.21. The van der Waals surface area contributed by atoms with Crippen LogP contribution in [-0.2, 0) is 19.3 Å². The van der Waals surface area contributed by atoms with Gasteiger partial charge in [-0.2, -0.15) is 0 Å². The summed E-state index contributed by atoms with van der Waals surface area (Å²) in [6.45, 7) is 6.97. The van der Waals surface area contributed by atoms with E-state index < -0.39 is 0 Å². The average Bonchev–Trinajstić information content (AvgIpc) is 2.81. The quantitative estimate of drug-likeness (QED) is 0.148. The highest BCUT2D eigenvalue weighted by molar-refractivity contribution is 5.35. The largest absolute Gasteiger partial charge is 0.0654 e. The van der Waals surface area contributed by atoms with Crippen molar-refractivity contribution in [1.29, 1.82) is 0 Å². The molecule has 0 atom stereocenters. The van der Waals surface area contributed by atoms with Crippen LogP contribution in [0.25, 0.3) is 0 Å². The van der Waals surface area contributed by atoms with Crippen LogP contribution in [0.3, 0.4) is 0 Å². The van der Waals surface area contributed by atoms with Gasteiger partial charge in [-0.3, -0.25) is 0 Å². The van der Waals surface area contributed by atoms with Gasteiger partial charge >= 0.3 is 0 Å². The van der Waals surface area contributed by atoms with E-state index in [1.54, 1.807) is 16.7 Å². The van der Waals surface area contributed by atoms with Gasteiger partial charge in [0, 0.05) is 0 Å². The molecule has 0 bridgehead atoms.